The minimum absolute atomic E-state index is 0.0297. The Morgan fingerprint density at radius 2 is 1.50 bits per heavy atom. The lowest BCUT2D eigenvalue weighted by atomic mass is 9.95. The molecule has 3 aliphatic rings. The number of alkyl carbamates (subject to hydrolysis) is 2. The third kappa shape index (κ3) is 6.92. The second kappa shape index (κ2) is 15.4. The first-order valence-electron chi connectivity index (χ1n) is 20.3. The van der Waals surface area contributed by atoms with Crippen LogP contribution in [0.25, 0.3) is 44.2 Å². The number of nitrogens with one attached hydrogen (secondary N) is 4. The van der Waals surface area contributed by atoms with E-state index in [1.54, 1.807) is 6.92 Å². The number of aromatic nitrogens is 4. The van der Waals surface area contributed by atoms with E-state index in [4.69, 9.17) is 19.4 Å². The molecule has 58 heavy (non-hydrogen) atoms. The number of benzene rings is 3. The van der Waals surface area contributed by atoms with Crippen molar-refractivity contribution in [2.45, 2.75) is 96.6 Å². The number of fused-ring (bicyclic) bond motifs is 5. The van der Waals surface area contributed by atoms with Crippen molar-refractivity contribution in [3.63, 3.8) is 0 Å². The maximum Gasteiger partial charge on any atom is 0.407 e. The van der Waals surface area contributed by atoms with Crippen LogP contribution in [0, 0.1) is 17.8 Å². The number of hydrogen-bond acceptors (Lipinski definition) is 8. The van der Waals surface area contributed by atoms with Gasteiger partial charge in [-0.3, -0.25) is 9.59 Å². The summed E-state index contributed by atoms with van der Waals surface area (Å²) in [5.74, 6) is 1.68. The van der Waals surface area contributed by atoms with Crippen LogP contribution < -0.4 is 10.6 Å². The van der Waals surface area contributed by atoms with Gasteiger partial charge in [0.05, 0.1) is 49.2 Å². The van der Waals surface area contributed by atoms with Crippen LogP contribution >= 0.6 is 0 Å². The summed E-state index contributed by atoms with van der Waals surface area (Å²) in [6, 6.07) is 17.1. The summed E-state index contributed by atoms with van der Waals surface area (Å²) in [4.78, 5) is 72.2. The van der Waals surface area contributed by atoms with Gasteiger partial charge in [-0.1, -0.05) is 63.2 Å². The molecule has 4 heterocycles. The van der Waals surface area contributed by atoms with Crippen LogP contribution in [0.1, 0.15) is 84.0 Å². The van der Waals surface area contributed by atoms with Crippen molar-refractivity contribution in [2.24, 2.45) is 17.8 Å². The van der Waals surface area contributed by atoms with Crippen LogP contribution in [-0.4, -0.2) is 92.1 Å². The predicted octanol–water partition coefficient (Wildman–Crippen LogP) is 7.25. The first-order valence-corrected chi connectivity index (χ1v) is 20.3. The van der Waals surface area contributed by atoms with Crippen molar-refractivity contribution in [3.05, 3.63) is 72.4 Å². The molecule has 8 rings (SSSR count). The minimum Gasteiger partial charge on any atom is -0.453 e. The number of carbonyl (C=O) groups is 4. The van der Waals surface area contributed by atoms with E-state index in [2.05, 4.69) is 76.1 Å². The Bertz CT molecular complexity index is 2370. The standard InChI is InChI=1S/C44H52N8O6/c1-22(2)36(50-44(56)58-7)42(54)52-31-15-12-30(20-31)38(52)40-45-21-34(48-40)27-10-8-26(9-11-27)28-13-16-32-29(19-28)14-17-33-37(32)49-39(47-33)35-18-23(3)25(5)51(35)41(53)24(4)46-43(55)57-6/h8-11,13-14,16-17,19,21-25,30-31,35-36,38H,12,15,18,20H2,1-7H3,(H,45,48)(H,46,55)(H,47,49)(H,50,56)/t23-,24+,25-,30+,31-,35+,36+,38+/m1/s1. The highest BCUT2D eigenvalue weighted by molar-refractivity contribution is 6.05. The fourth-order valence-electron chi connectivity index (χ4n) is 9.50. The molecule has 8 atom stereocenters. The summed E-state index contributed by atoms with van der Waals surface area (Å²) < 4.78 is 9.55. The number of ether oxygens (including phenoxy) is 2. The van der Waals surface area contributed by atoms with Crippen molar-refractivity contribution in [1.29, 1.82) is 0 Å². The van der Waals surface area contributed by atoms with E-state index in [1.165, 1.54) is 14.2 Å². The molecule has 14 heteroatoms. The Morgan fingerprint density at radius 1 is 0.793 bits per heavy atom. The number of methoxy groups -OCH3 is 2. The van der Waals surface area contributed by atoms with Gasteiger partial charge in [0.25, 0.3) is 0 Å². The number of carbonyl (C=O) groups excluding carboxylic acids is 4. The Balaban J connectivity index is 1.01. The van der Waals surface area contributed by atoms with Gasteiger partial charge in [-0.05, 0) is 91.5 Å². The topological polar surface area (TPSA) is 175 Å². The molecule has 14 nitrogen and oxygen atoms in total. The first kappa shape index (κ1) is 38.9. The molecule has 3 aromatic carbocycles. The number of piperidine rings is 1. The third-order valence-corrected chi connectivity index (χ3v) is 12.8. The first-order chi connectivity index (χ1) is 27.9. The molecular formula is C44H52N8O6. The van der Waals surface area contributed by atoms with Gasteiger partial charge < -0.3 is 39.9 Å². The van der Waals surface area contributed by atoms with Crippen molar-refractivity contribution >= 4 is 45.8 Å². The van der Waals surface area contributed by atoms with Crippen LogP contribution in [0.5, 0.6) is 0 Å². The SMILES string of the molecule is COC(=O)N[C@@H](C)C(=O)N1[C@H](C)[C@H](C)C[C@H]1c1nc2ccc3cc(-c4ccc(-c5cnc([C@@H]6[C@H]7CC[C@H](C7)N6C(=O)[C@@H](NC(=O)OC)C(C)C)[nH]5)cc4)ccc3c2[nH]1. The van der Waals surface area contributed by atoms with E-state index in [-0.39, 0.29) is 47.8 Å². The highest BCUT2D eigenvalue weighted by Crippen LogP contribution is 2.50. The van der Waals surface area contributed by atoms with Gasteiger partial charge >= 0.3 is 12.2 Å². The molecular weight excluding hydrogens is 737 g/mol. The van der Waals surface area contributed by atoms with E-state index in [1.807, 2.05) is 42.8 Å². The lowest BCUT2D eigenvalue weighted by Gasteiger charge is -2.37. The van der Waals surface area contributed by atoms with Gasteiger partial charge in [0.1, 0.15) is 23.7 Å². The molecule has 2 saturated heterocycles. The maximum atomic E-state index is 14.0. The molecule has 304 valence electrons. The molecule has 2 aliphatic heterocycles. The summed E-state index contributed by atoms with van der Waals surface area (Å²) in [6.45, 7) is 9.70. The van der Waals surface area contributed by atoms with Gasteiger partial charge in [0.15, 0.2) is 0 Å². The smallest absolute Gasteiger partial charge is 0.407 e. The second-order valence-electron chi connectivity index (χ2n) is 16.6. The van der Waals surface area contributed by atoms with Crippen LogP contribution in [0.3, 0.4) is 0 Å². The molecule has 3 fully saturated rings. The predicted molar refractivity (Wildman–Crippen MR) is 219 cm³/mol. The molecule has 5 aromatic rings. The Labute approximate surface area is 337 Å². The summed E-state index contributed by atoms with van der Waals surface area (Å²) in [5.41, 5.74) is 5.75. The summed E-state index contributed by atoms with van der Waals surface area (Å²) >= 11 is 0. The Morgan fingerprint density at radius 3 is 2.22 bits per heavy atom. The molecule has 2 bridgehead atoms. The average Bonchev–Trinajstić information content (AvgIpc) is 4.08. The Hall–Kier alpha value is -5.92. The number of amides is 4. The summed E-state index contributed by atoms with van der Waals surface area (Å²) in [5, 5.41) is 7.47. The van der Waals surface area contributed by atoms with E-state index >= 15 is 0 Å². The largest absolute Gasteiger partial charge is 0.453 e. The quantitative estimate of drug-likeness (QED) is 0.121. The minimum atomic E-state index is -0.741. The van der Waals surface area contributed by atoms with E-state index in [0.29, 0.717) is 5.92 Å². The molecule has 0 spiro atoms. The zero-order valence-corrected chi connectivity index (χ0v) is 34.0. The number of nitrogens with zero attached hydrogens (tertiary/aromatic N) is 4. The number of likely N-dealkylation sites (tertiary alicyclic amines) is 2. The van der Waals surface area contributed by atoms with Gasteiger partial charge in [0.2, 0.25) is 11.8 Å². The fourth-order valence-corrected chi connectivity index (χ4v) is 9.50. The van der Waals surface area contributed by atoms with Crippen LogP contribution in [0.15, 0.2) is 60.8 Å². The van der Waals surface area contributed by atoms with E-state index in [0.717, 1.165) is 81.5 Å². The zero-order chi connectivity index (χ0) is 41.0. The molecule has 2 aromatic heterocycles. The van der Waals surface area contributed by atoms with Gasteiger partial charge in [-0.25, -0.2) is 19.6 Å². The maximum absolute atomic E-state index is 14.0. The van der Waals surface area contributed by atoms with Crippen LogP contribution in [0.2, 0.25) is 0 Å². The van der Waals surface area contributed by atoms with Crippen LogP contribution in [0.4, 0.5) is 9.59 Å². The molecule has 1 saturated carbocycles. The highest BCUT2D eigenvalue weighted by atomic mass is 16.5. The molecule has 4 amide bonds. The number of aromatic amines is 2. The number of H-pyrrole nitrogens is 2. The lowest BCUT2D eigenvalue weighted by Crippen LogP contribution is -2.54. The molecule has 0 unspecified atom stereocenters. The van der Waals surface area contributed by atoms with Crippen molar-refractivity contribution in [1.82, 2.24) is 40.4 Å². The second-order valence-corrected chi connectivity index (χ2v) is 16.6. The highest BCUT2D eigenvalue weighted by Gasteiger charge is 2.51. The third-order valence-electron chi connectivity index (χ3n) is 12.8. The fraction of sp³-hybridized carbons (Fsp3) is 0.455. The van der Waals surface area contributed by atoms with Gasteiger partial charge in [0, 0.05) is 17.5 Å². The van der Waals surface area contributed by atoms with Crippen molar-refractivity contribution in [2.75, 3.05) is 14.2 Å². The van der Waals surface area contributed by atoms with E-state index < -0.39 is 24.3 Å². The monoisotopic (exact) mass is 788 g/mol. The molecule has 0 radical (unpaired) electrons. The molecule has 1 aliphatic carbocycles. The normalized spacial score (nSPS) is 23.7. The lowest BCUT2D eigenvalue weighted by molar-refractivity contribution is -0.139. The number of rotatable bonds is 9. The number of imidazole rings is 2. The van der Waals surface area contributed by atoms with Crippen LogP contribution in [-0.2, 0) is 19.1 Å². The average molecular weight is 789 g/mol. The van der Waals surface area contributed by atoms with Crippen molar-refractivity contribution in [3.8, 4) is 22.4 Å². The number of hydrogen-bond donors (Lipinski definition) is 4. The summed E-state index contributed by atoms with van der Waals surface area (Å²) in [6.07, 6.45) is 4.26. The summed E-state index contributed by atoms with van der Waals surface area (Å²) in [7, 11) is 2.59. The van der Waals surface area contributed by atoms with Gasteiger partial charge in [-0.15, -0.1) is 0 Å². The Kier molecular flexibility index (Phi) is 10.4. The van der Waals surface area contributed by atoms with Gasteiger partial charge in [-0.2, -0.15) is 0 Å². The molecule has 4 N–H and O–H groups in total. The van der Waals surface area contributed by atoms with Crippen molar-refractivity contribution < 1.29 is 28.7 Å². The van der Waals surface area contributed by atoms with E-state index in [9.17, 15) is 19.2 Å². The zero-order valence-electron chi connectivity index (χ0n) is 34.0.